The van der Waals surface area contributed by atoms with Crippen LogP contribution in [0.25, 0.3) is 0 Å². The van der Waals surface area contributed by atoms with Crippen molar-refractivity contribution in [3.8, 4) is 0 Å². The lowest BCUT2D eigenvalue weighted by Crippen LogP contribution is -2.38. The minimum absolute atomic E-state index is 0.135. The van der Waals surface area contributed by atoms with Crippen LogP contribution in [0.15, 0.2) is 12.1 Å². The van der Waals surface area contributed by atoms with Crippen LogP contribution in [0.2, 0.25) is 0 Å². The molecule has 0 aliphatic heterocycles. The summed E-state index contributed by atoms with van der Waals surface area (Å²) in [7, 11) is 0. The number of rotatable bonds is 3. The predicted octanol–water partition coefficient (Wildman–Crippen LogP) is 1.18. The van der Waals surface area contributed by atoms with Gasteiger partial charge in [-0.15, -0.1) is 0 Å². The molecular weight excluding hydrogens is 221 g/mol. The number of halogens is 3. The van der Waals surface area contributed by atoms with Crippen LogP contribution in [-0.2, 0) is 0 Å². The zero-order valence-electron chi connectivity index (χ0n) is 8.56. The molecule has 1 aromatic rings. The number of amides is 1. The molecule has 1 amide bonds. The molecule has 0 saturated heterocycles. The van der Waals surface area contributed by atoms with Gasteiger partial charge in [0.25, 0.3) is 5.91 Å². The standard InChI is InChI=1S/C10H11F3N2O/c1-5(4-14)15-10(16)9-7(12)2-6(11)3-8(9)13/h2-3,5H,4,14H2,1H3,(H,15,16). The Bertz CT molecular complexity index is 386. The average molecular weight is 232 g/mol. The number of hydrogen-bond donors (Lipinski definition) is 2. The molecule has 0 fully saturated rings. The Morgan fingerprint density at radius 3 is 2.31 bits per heavy atom. The van der Waals surface area contributed by atoms with Crippen molar-refractivity contribution < 1.29 is 18.0 Å². The van der Waals surface area contributed by atoms with E-state index in [0.29, 0.717) is 12.1 Å². The first-order valence-electron chi connectivity index (χ1n) is 4.61. The summed E-state index contributed by atoms with van der Waals surface area (Å²) in [5.41, 5.74) is 4.43. The summed E-state index contributed by atoms with van der Waals surface area (Å²) >= 11 is 0. The first-order chi connectivity index (χ1) is 7.45. The second-order valence-corrected chi connectivity index (χ2v) is 3.35. The summed E-state index contributed by atoms with van der Waals surface area (Å²) in [6, 6.07) is 0.479. The number of carbonyl (C=O) groups is 1. The van der Waals surface area contributed by atoms with E-state index in [1.54, 1.807) is 6.92 Å². The molecule has 0 spiro atoms. The van der Waals surface area contributed by atoms with E-state index in [4.69, 9.17) is 5.73 Å². The van der Waals surface area contributed by atoms with Crippen LogP contribution < -0.4 is 11.1 Å². The molecule has 6 heteroatoms. The summed E-state index contributed by atoms with van der Waals surface area (Å²) < 4.78 is 38.9. The lowest BCUT2D eigenvalue weighted by molar-refractivity contribution is 0.0932. The lowest BCUT2D eigenvalue weighted by atomic mass is 10.1. The van der Waals surface area contributed by atoms with E-state index in [0.717, 1.165) is 0 Å². The third kappa shape index (κ3) is 2.73. The third-order valence-corrected chi connectivity index (χ3v) is 1.96. The molecule has 88 valence electrons. The van der Waals surface area contributed by atoms with Gasteiger partial charge >= 0.3 is 0 Å². The summed E-state index contributed by atoms with van der Waals surface area (Å²) in [5.74, 6) is -4.50. The van der Waals surface area contributed by atoms with E-state index in [-0.39, 0.29) is 6.54 Å². The van der Waals surface area contributed by atoms with E-state index < -0.39 is 35.0 Å². The van der Waals surface area contributed by atoms with E-state index >= 15 is 0 Å². The van der Waals surface area contributed by atoms with Crippen molar-refractivity contribution in [3.63, 3.8) is 0 Å². The Labute approximate surface area is 90.4 Å². The predicted molar refractivity (Wildman–Crippen MR) is 52.3 cm³/mol. The number of benzene rings is 1. The van der Waals surface area contributed by atoms with Crippen LogP contribution in [0.5, 0.6) is 0 Å². The van der Waals surface area contributed by atoms with Crippen molar-refractivity contribution in [2.24, 2.45) is 5.73 Å². The minimum atomic E-state index is -1.24. The highest BCUT2D eigenvalue weighted by Gasteiger charge is 2.19. The second kappa shape index (κ2) is 4.98. The summed E-state index contributed by atoms with van der Waals surface area (Å²) in [4.78, 5) is 11.4. The molecule has 0 aliphatic carbocycles. The number of nitrogens with two attached hydrogens (primary N) is 1. The van der Waals surface area contributed by atoms with Gasteiger partial charge < -0.3 is 11.1 Å². The molecular formula is C10H11F3N2O. The summed E-state index contributed by atoms with van der Waals surface area (Å²) in [6.45, 7) is 1.72. The Morgan fingerprint density at radius 1 is 1.38 bits per heavy atom. The van der Waals surface area contributed by atoms with E-state index in [1.165, 1.54) is 0 Å². The molecule has 3 N–H and O–H groups in total. The first kappa shape index (κ1) is 12.5. The number of hydrogen-bond acceptors (Lipinski definition) is 2. The monoisotopic (exact) mass is 232 g/mol. The molecule has 1 aromatic carbocycles. The first-order valence-corrected chi connectivity index (χ1v) is 4.61. The van der Waals surface area contributed by atoms with Gasteiger partial charge in [0, 0.05) is 24.7 Å². The highest BCUT2D eigenvalue weighted by Crippen LogP contribution is 2.14. The molecule has 0 saturated carbocycles. The molecule has 0 bridgehead atoms. The van der Waals surface area contributed by atoms with Gasteiger partial charge in [-0.2, -0.15) is 0 Å². The fourth-order valence-corrected chi connectivity index (χ4v) is 1.11. The topological polar surface area (TPSA) is 55.1 Å². The van der Waals surface area contributed by atoms with Gasteiger partial charge in [0.05, 0.1) is 0 Å². The highest BCUT2D eigenvalue weighted by atomic mass is 19.1. The van der Waals surface area contributed by atoms with Crippen molar-refractivity contribution in [3.05, 3.63) is 35.1 Å². The molecule has 1 rings (SSSR count). The van der Waals surface area contributed by atoms with Gasteiger partial charge in [0.2, 0.25) is 0 Å². The average Bonchev–Trinajstić information content (AvgIpc) is 2.15. The maximum Gasteiger partial charge on any atom is 0.257 e. The van der Waals surface area contributed by atoms with E-state index in [1.807, 2.05) is 0 Å². The molecule has 1 unspecified atom stereocenters. The lowest BCUT2D eigenvalue weighted by Gasteiger charge is -2.12. The van der Waals surface area contributed by atoms with Crippen LogP contribution >= 0.6 is 0 Å². The number of nitrogens with one attached hydrogen (secondary N) is 1. The maximum atomic E-state index is 13.1. The van der Waals surface area contributed by atoms with E-state index in [9.17, 15) is 18.0 Å². The van der Waals surface area contributed by atoms with Crippen LogP contribution in [0.1, 0.15) is 17.3 Å². The fourth-order valence-electron chi connectivity index (χ4n) is 1.11. The Hall–Kier alpha value is -1.56. The van der Waals surface area contributed by atoms with Crippen molar-refractivity contribution in [2.45, 2.75) is 13.0 Å². The van der Waals surface area contributed by atoms with Gasteiger partial charge in [0.1, 0.15) is 23.0 Å². The van der Waals surface area contributed by atoms with Crippen molar-refractivity contribution in [1.29, 1.82) is 0 Å². The van der Waals surface area contributed by atoms with Crippen LogP contribution in [0, 0.1) is 17.5 Å². The minimum Gasteiger partial charge on any atom is -0.348 e. The molecule has 1 atom stereocenters. The third-order valence-electron chi connectivity index (χ3n) is 1.96. The SMILES string of the molecule is CC(CN)NC(=O)c1c(F)cc(F)cc1F. The van der Waals surface area contributed by atoms with Crippen molar-refractivity contribution in [2.75, 3.05) is 6.54 Å². The quantitative estimate of drug-likeness (QED) is 0.822. The summed E-state index contributed by atoms with van der Waals surface area (Å²) in [5, 5.41) is 2.28. The largest absolute Gasteiger partial charge is 0.348 e. The van der Waals surface area contributed by atoms with Gasteiger partial charge in [-0.05, 0) is 6.92 Å². The van der Waals surface area contributed by atoms with Crippen LogP contribution in [-0.4, -0.2) is 18.5 Å². The smallest absolute Gasteiger partial charge is 0.257 e. The van der Waals surface area contributed by atoms with Crippen LogP contribution in [0.4, 0.5) is 13.2 Å². The van der Waals surface area contributed by atoms with Crippen molar-refractivity contribution >= 4 is 5.91 Å². The zero-order chi connectivity index (χ0) is 12.3. The molecule has 0 radical (unpaired) electrons. The van der Waals surface area contributed by atoms with Gasteiger partial charge in [-0.3, -0.25) is 4.79 Å². The Morgan fingerprint density at radius 2 is 1.88 bits per heavy atom. The van der Waals surface area contributed by atoms with Gasteiger partial charge in [-0.25, -0.2) is 13.2 Å². The number of carbonyl (C=O) groups excluding carboxylic acids is 1. The Kier molecular flexibility index (Phi) is 3.89. The van der Waals surface area contributed by atoms with Gasteiger partial charge in [0.15, 0.2) is 0 Å². The van der Waals surface area contributed by atoms with Crippen LogP contribution in [0.3, 0.4) is 0 Å². The van der Waals surface area contributed by atoms with Gasteiger partial charge in [-0.1, -0.05) is 0 Å². The molecule has 3 nitrogen and oxygen atoms in total. The molecule has 16 heavy (non-hydrogen) atoms. The normalized spacial score (nSPS) is 12.3. The molecule has 0 aliphatic rings. The second-order valence-electron chi connectivity index (χ2n) is 3.35. The maximum absolute atomic E-state index is 13.1. The molecule has 0 aromatic heterocycles. The summed E-state index contributed by atoms with van der Waals surface area (Å²) in [6.07, 6.45) is 0. The fraction of sp³-hybridized carbons (Fsp3) is 0.300. The van der Waals surface area contributed by atoms with Crippen molar-refractivity contribution in [1.82, 2.24) is 5.32 Å². The Balaban J connectivity index is 3.00. The molecule has 0 heterocycles. The zero-order valence-corrected chi connectivity index (χ0v) is 8.56. The van der Waals surface area contributed by atoms with E-state index in [2.05, 4.69) is 5.32 Å². The highest BCUT2D eigenvalue weighted by molar-refractivity contribution is 5.94.